The number of nitrogens with zero attached hydrogens (tertiary/aromatic N) is 1. The molecule has 0 aliphatic carbocycles. The first kappa shape index (κ1) is 9.24. The van der Waals surface area contributed by atoms with Gasteiger partial charge in [0.05, 0.1) is 0 Å². The summed E-state index contributed by atoms with van der Waals surface area (Å²) < 4.78 is 0. The van der Waals surface area contributed by atoms with Crippen LogP contribution in [0.5, 0.6) is 0 Å². The number of aromatic nitrogens is 1. The van der Waals surface area contributed by atoms with E-state index < -0.39 is 0 Å². The zero-order chi connectivity index (χ0) is 8.81. The van der Waals surface area contributed by atoms with E-state index in [0.717, 1.165) is 12.3 Å². The second-order valence-electron chi connectivity index (χ2n) is 3.42. The van der Waals surface area contributed by atoms with Crippen LogP contribution in [0.3, 0.4) is 0 Å². The predicted octanol–water partition coefficient (Wildman–Crippen LogP) is 3.06. The van der Waals surface area contributed by atoms with Gasteiger partial charge in [0, 0.05) is 11.9 Å². The van der Waals surface area contributed by atoms with Gasteiger partial charge in [-0.15, -0.1) is 0 Å². The van der Waals surface area contributed by atoms with Crippen LogP contribution in [-0.2, 0) is 6.42 Å². The van der Waals surface area contributed by atoms with Gasteiger partial charge < -0.3 is 0 Å². The third-order valence-corrected chi connectivity index (χ3v) is 2.07. The van der Waals surface area contributed by atoms with Gasteiger partial charge in [-0.3, -0.25) is 4.98 Å². The van der Waals surface area contributed by atoms with Gasteiger partial charge in [0.25, 0.3) is 0 Å². The first-order valence-electron chi connectivity index (χ1n) is 4.72. The first-order chi connectivity index (χ1) is 5.83. The Labute approximate surface area is 74.8 Å². The highest BCUT2D eigenvalue weighted by atomic mass is 14.7. The molecule has 1 unspecified atom stereocenters. The minimum Gasteiger partial charge on any atom is -0.261 e. The van der Waals surface area contributed by atoms with Crippen molar-refractivity contribution in [3.05, 3.63) is 30.1 Å². The van der Waals surface area contributed by atoms with E-state index in [9.17, 15) is 0 Å². The Balaban J connectivity index is 2.41. The van der Waals surface area contributed by atoms with Crippen LogP contribution in [0.4, 0.5) is 0 Å². The topological polar surface area (TPSA) is 12.9 Å². The lowest BCUT2D eigenvalue weighted by molar-refractivity contribution is 0.516. The highest BCUT2D eigenvalue weighted by Crippen LogP contribution is 2.10. The molecule has 0 bridgehead atoms. The summed E-state index contributed by atoms with van der Waals surface area (Å²) in [6.45, 7) is 4.52. The second-order valence-corrected chi connectivity index (χ2v) is 3.42. The number of hydrogen-bond acceptors (Lipinski definition) is 1. The monoisotopic (exact) mass is 163 g/mol. The average molecular weight is 163 g/mol. The second kappa shape index (κ2) is 4.91. The minimum atomic E-state index is 0.768. The lowest BCUT2D eigenvalue weighted by atomic mass is 10.0. The van der Waals surface area contributed by atoms with E-state index in [4.69, 9.17) is 0 Å². The molecule has 1 aromatic rings. The maximum absolute atomic E-state index is 4.30. The SMILES string of the molecule is CCCC(C)Cc1ccccn1. The minimum absolute atomic E-state index is 0.768. The van der Waals surface area contributed by atoms with E-state index >= 15 is 0 Å². The summed E-state index contributed by atoms with van der Waals surface area (Å²) in [6, 6.07) is 6.13. The Hall–Kier alpha value is -0.850. The van der Waals surface area contributed by atoms with Crippen LogP contribution in [0.25, 0.3) is 0 Å². The normalized spacial score (nSPS) is 12.8. The third kappa shape index (κ3) is 3.04. The smallest absolute Gasteiger partial charge is 0.0406 e. The Bertz CT molecular complexity index is 206. The molecule has 1 atom stereocenters. The molecule has 12 heavy (non-hydrogen) atoms. The van der Waals surface area contributed by atoms with Crippen molar-refractivity contribution in [2.75, 3.05) is 0 Å². The zero-order valence-corrected chi connectivity index (χ0v) is 7.96. The van der Waals surface area contributed by atoms with Crippen molar-refractivity contribution >= 4 is 0 Å². The predicted molar refractivity (Wildman–Crippen MR) is 52.0 cm³/mol. The average Bonchev–Trinajstić information content (AvgIpc) is 2.06. The van der Waals surface area contributed by atoms with Gasteiger partial charge in [0.1, 0.15) is 0 Å². The van der Waals surface area contributed by atoms with Crippen LogP contribution in [0.2, 0.25) is 0 Å². The third-order valence-electron chi connectivity index (χ3n) is 2.07. The Kier molecular flexibility index (Phi) is 3.78. The molecule has 0 spiro atoms. The molecular formula is C11H17N. The van der Waals surface area contributed by atoms with Gasteiger partial charge in [-0.1, -0.05) is 32.8 Å². The van der Waals surface area contributed by atoms with Gasteiger partial charge in [-0.05, 0) is 24.5 Å². The van der Waals surface area contributed by atoms with E-state index in [1.165, 1.54) is 18.5 Å². The van der Waals surface area contributed by atoms with Crippen LogP contribution in [-0.4, -0.2) is 4.98 Å². The Morgan fingerprint density at radius 3 is 2.83 bits per heavy atom. The molecule has 0 aromatic carbocycles. The number of hydrogen-bond donors (Lipinski definition) is 0. The molecule has 1 heteroatoms. The highest BCUT2D eigenvalue weighted by molar-refractivity contribution is 5.03. The highest BCUT2D eigenvalue weighted by Gasteiger charge is 2.01. The van der Waals surface area contributed by atoms with Crippen molar-refractivity contribution in [3.8, 4) is 0 Å². The molecule has 0 amide bonds. The molecular weight excluding hydrogens is 146 g/mol. The molecule has 0 aliphatic heterocycles. The van der Waals surface area contributed by atoms with Gasteiger partial charge >= 0.3 is 0 Å². The summed E-state index contributed by atoms with van der Waals surface area (Å²) in [5, 5.41) is 0. The van der Waals surface area contributed by atoms with Crippen molar-refractivity contribution in [1.29, 1.82) is 0 Å². The lowest BCUT2D eigenvalue weighted by Crippen LogP contribution is -2.00. The molecule has 0 N–H and O–H groups in total. The molecule has 0 aliphatic rings. The van der Waals surface area contributed by atoms with Crippen molar-refractivity contribution in [3.63, 3.8) is 0 Å². The van der Waals surface area contributed by atoms with Gasteiger partial charge in [-0.25, -0.2) is 0 Å². The van der Waals surface area contributed by atoms with Crippen LogP contribution >= 0.6 is 0 Å². The summed E-state index contributed by atoms with van der Waals surface area (Å²) >= 11 is 0. The van der Waals surface area contributed by atoms with Crippen molar-refractivity contribution < 1.29 is 0 Å². The van der Waals surface area contributed by atoms with Crippen LogP contribution < -0.4 is 0 Å². The molecule has 0 radical (unpaired) electrons. The van der Waals surface area contributed by atoms with E-state index in [2.05, 4.69) is 31.0 Å². The summed E-state index contributed by atoms with van der Waals surface area (Å²) in [5.74, 6) is 0.768. The lowest BCUT2D eigenvalue weighted by Gasteiger charge is -2.08. The quantitative estimate of drug-likeness (QED) is 0.664. The molecule has 1 nitrogen and oxygen atoms in total. The molecule has 0 saturated heterocycles. The largest absolute Gasteiger partial charge is 0.261 e. The fourth-order valence-corrected chi connectivity index (χ4v) is 1.47. The van der Waals surface area contributed by atoms with Gasteiger partial charge in [0.2, 0.25) is 0 Å². The van der Waals surface area contributed by atoms with E-state index in [1.54, 1.807) is 0 Å². The maximum Gasteiger partial charge on any atom is 0.0406 e. The molecule has 1 heterocycles. The molecule has 1 rings (SSSR count). The fourth-order valence-electron chi connectivity index (χ4n) is 1.47. The summed E-state index contributed by atoms with van der Waals surface area (Å²) in [4.78, 5) is 4.30. The molecule has 0 saturated carbocycles. The van der Waals surface area contributed by atoms with Crippen LogP contribution in [0, 0.1) is 5.92 Å². The van der Waals surface area contributed by atoms with E-state index in [0.29, 0.717) is 0 Å². The molecule has 0 fully saturated rings. The van der Waals surface area contributed by atoms with Crippen LogP contribution in [0.1, 0.15) is 32.4 Å². The fraction of sp³-hybridized carbons (Fsp3) is 0.545. The summed E-state index contributed by atoms with van der Waals surface area (Å²) in [6.07, 6.45) is 5.56. The Morgan fingerprint density at radius 2 is 2.25 bits per heavy atom. The van der Waals surface area contributed by atoms with Crippen LogP contribution in [0.15, 0.2) is 24.4 Å². The maximum atomic E-state index is 4.30. The van der Waals surface area contributed by atoms with Gasteiger partial charge in [0.15, 0.2) is 0 Å². The van der Waals surface area contributed by atoms with Crippen molar-refractivity contribution in [1.82, 2.24) is 4.98 Å². The number of pyridine rings is 1. The first-order valence-corrected chi connectivity index (χ1v) is 4.72. The van der Waals surface area contributed by atoms with Gasteiger partial charge in [-0.2, -0.15) is 0 Å². The van der Waals surface area contributed by atoms with E-state index in [-0.39, 0.29) is 0 Å². The van der Waals surface area contributed by atoms with Crippen molar-refractivity contribution in [2.45, 2.75) is 33.1 Å². The Morgan fingerprint density at radius 1 is 1.42 bits per heavy atom. The van der Waals surface area contributed by atoms with E-state index in [1.807, 2.05) is 12.3 Å². The summed E-state index contributed by atoms with van der Waals surface area (Å²) in [5.41, 5.74) is 1.22. The molecule has 1 aromatic heterocycles. The molecule has 66 valence electrons. The number of rotatable bonds is 4. The van der Waals surface area contributed by atoms with Crippen molar-refractivity contribution in [2.24, 2.45) is 5.92 Å². The summed E-state index contributed by atoms with van der Waals surface area (Å²) in [7, 11) is 0. The standard InChI is InChI=1S/C11H17N/c1-3-6-10(2)9-11-7-4-5-8-12-11/h4-5,7-8,10H,3,6,9H2,1-2H3. The zero-order valence-electron chi connectivity index (χ0n) is 7.96.